The number of methoxy groups -OCH3 is 1. The molecule has 0 aliphatic heterocycles. The molecule has 6 heteroatoms. The van der Waals surface area contributed by atoms with Crippen LogP contribution < -0.4 is 4.74 Å². The molecule has 6 nitrogen and oxygen atoms in total. The van der Waals surface area contributed by atoms with Gasteiger partial charge in [-0.05, 0) is 6.42 Å². The second kappa shape index (κ2) is 5.59. The topological polar surface area (TPSA) is 73.1 Å². The Morgan fingerprint density at radius 2 is 2.00 bits per heavy atom. The smallest absolute Gasteiger partial charge is 0.316 e. The standard InChI is InChI=1S/C12H16N4O2/c1-3-4-16-8-10(7-15-16)11(17)9-5-13-12(18-2)14-6-9/h5-8,11,17H,3-4H2,1-2H3. The lowest BCUT2D eigenvalue weighted by molar-refractivity contribution is 0.218. The van der Waals surface area contributed by atoms with E-state index in [4.69, 9.17) is 4.74 Å². The molecule has 0 saturated carbocycles. The Labute approximate surface area is 105 Å². The summed E-state index contributed by atoms with van der Waals surface area (Å²) in [4.78, 5) is 7.93. The van der Waals surface area contributed by atoms with E-state index >= 15 is 0 Å². The predicted molar refractivity (Wildman–Crippen MR) is 65.2 cm³/mol. The van der Waals surface area contributed by atoms with Gasteiger partial charge in [0, 0.05) is 36.3 Å². The van der Waals surface area contributed by atoms with Crippen LogP contribution in [0.1, 0.15) is 30.6 Å². The highest BCUT2D eigenvalue weighted by Gasteiger charge is 2.13. The molecule has 0 aliphatic carbocycles. The number of nitrogens with zero attached hydrogens (tertiary/aromatic N) is 4. The number of rotatable bonds is 5. The fraction of sp³-hybridized carbons (Fsp3) is 0.417. The third kappa shape index (κ3) is 2.65. The Hall–Kier alpha value is -1.95. The molecule has 1 atom stereocenters. The molecule has 0 aromatic carbocycles. The van der Waals surface area contributed by atoms with E-state index in [1.807, 2.05) is 10.9 Å². The minimum absolute atomic E-state index is 0.285. The molecule has 1 N–H and O–H groups in total. The van der Waals surface area contributed by atoms with Gasteiger partial charge in [-0.25, -0.2) is 9.97 Å². The summed E-state index contributed by atoms with van der Waals surface area (Å²) in [5.74, 6) is 0. The van der Waals surface area contributed by atoms with Crippen LogP contribution in [0.3, 0.4) is 0 Å². The Morgan fingerprint density at radius 3 is 2.61 bits per heavy atom. The highest BCUT2D eigenvalue weighted by atomic mass is 16.5. The monoisotopic (exact) mass is 248 g/mol. The number of ether oxygens (including phenoxy) is 1. The van der Waals surface area contributed by atoms with Crippen molar-refractivity contribution in [2.75, 3.05) is 7.11 Å². The minimum atomic E-state index is -0.762. The summed E-state index contributed by atoms with van der Waals surface area (Å²) in [5, 5.41) is 14.3. The van der Waals surface area contributed by atoms with Gasteiger partial charge in [0.2, 0.25) is 0 Å². The summed E-state index contributed by atoms with van der Waals surface area (Å²) < 4.78 is 6.68. The van der Waals surface area contributed by atoms with Gasteiger partial charge in [-0.2, -0.15) is 5.10 Å². The van der Waals surface area contributed by atoms with Crippen molar-refractivity contribution in [3.63, 3.8) is 0 Å². The molecule has 18 heavy (non-hydrogen) atoms. The SMILES string of the molecule is CCCn1cc(C(O)c2cnc(OC)nc2)cn1. The Bertz CT molecular complexity index is 495. The summed E-state index contributed by atoms with van der Waals surface area (Å²) in [6.07, 6.45) is 6.83. The van der Waals surface area contributed by atoms with Crippen LogP contribution in [-0.4, -0.2) is 32.0 Å². The van der Waals surface area contributed by atoms with Crippen molar-refractivity contribution in [1.29, 1.82) is 0 Å². The van der Waals surface area contributed by atoms with Crippen molar-refractivity contribution in [2.45, 2.75) is 26.0 Å². The molecule has 1 unspecified atom stereocenters. The van der Waals surface area contributed by atoms with Crippen molar-refractivity contribution in [2.24, 2.45) is 0 Å². The Morgan fingerprint density at radius 1 is 1.28 bits per heavy atom. The molecule has 0 fully saturated rings. The summed E-state index contributed by atoms with van der Waals surface area (Å²) in [5.41, 5.74) is 1.35. The lowest BCUT2D eigenvalue weighted by atomic mass is 10.1. The van der Waals surface area contributed by atoms with E-state index < -0.39 is 6.10 Å². The average molecular weight is 248 g/mol. The molecule has 2 aromatic rings. The van der Waals surface area contributed by atoms with Gasteiger partial charge in [0.1, 0.15) is 6.10 Å². The maximum atomic E-state index is 10.2. The van der Waals surface area contributed by atoms with Crippen LogP contribution >= 0.6 is 0 Å². The maximum absolute atomic E-state index is 10.2. The zero-order valence-corrected chi connectivity index (χ0v) is 10.4. The van der Waals surface area contributed by atoms with E-state index in [1.54, 1.807) is 18.6 Å². The molecule has 0 amide bonds. The van der Waals surface area contributed by atoms with Crippen LogP contribution in [0.15, 0.2) is 24.8 Å². The minimum Gasteiger partial charge on any atom is -0.467 e. The lowest BCUT2D eigenvalue weighted by Gasteiger charge is -2.07. The molecule has 96 valence electrons. The van der Waals surface area contributed by atoms with Crippen LogP contribution in [0, 0.1) is 0 Å². The van der Waals surface area contributed by atoms with Crippen LogP contribution in [0.2, 0.25) is 0 Å². The molecule has 0 spiro atoms. The van der Waals surface area contributed by atoms with Gasteiger partial charge < -0.3 is 9.84 Å². The van der Waals surface area contributed by atoms with Gasteiger partial charge in [0.25, 0.3) is 0 Å². The van der Waals surface area contributed by atoms with Gasteiger partial charge in [0.15, 0.2) is 0 Å². The number of aliphatic hydroxyl groups is 1. The van der Waals surface area contributed by atoms with Crippen molar-refractivity contribution < 1.29 is 9.84 Å². The fourth-order valence-corrected chi connectivity index (χ4v) is 1.64. The van der Waals surface area contributed by atoms with E-state index in [-0.39, 0.29) is 6.01 Å². The zero-order valence-electron chi connectivity index (χ0n) is 10.4. The van der Waals surface area contributed by atoms with Gasteiger partial charge in [0.05, 0.1) is 13.3 Å². The summed E-state index contributed by atoms with van der Waals surface area (Å²) in [6, 6.07) is 0.285. The van der Waals surface area contributed by atoms with E-state index in [1.165, 1.54) is 7.11 Å². The molecule has 0 aliphatic rings. The van der Waals surface area contributed by atoms with Gasteiger partial charge >= 0.3 is 6.01 Å². The molecular formula is C12H16N4O2. The first-order valence-corrected chi connectivity index (χ1v) is 5.81. The summed E-state index contributed by atoms with van der Waals surface area (Å²) in [6.45, 7) is 2.92. The van der Waals surface area contributed by atoms with Crippen LogP contribution in [0.25, 0.3) is 0 Å². The zero-order chi connectivity index (χ0) is 13.0. The highest BCUT2D eigenvalue weighted by Crippen LogP contribution is 2.20. The molecule has 0 radical (unpaired) electrons. The summed E-state index contributed by atoms with van der Waals surface area (Å²) >= 11 is 0. The average Bonchev–Trinajstić information content (AvgIpc) is 2.87. The Balaban J connectivity index is 2.15. The predicted octanol–water partition coefficient (Wildman–Crippen LogP) is 1.17. The fourth-order valence-electron chi connectivity index (χ4n) is 1.64. The molecule has 0 saturated heterocycles. The number of aliphatic hydroxyl groups excluding tert-OH is 1. The van der Waals surface area contributed by atoms with Crippen molar-refractivity contribution >= 4 is 0 Å². The van der Waals surface area contributed by atoms with Crippen molar-refractivity contribution in [3.05, 3.63) is 35.9 Å². The first kappa shape index (κ1) is 12.5. The molecule has 0 bridgehead atoms. The van der Waals surface area contributed by atoms with Gasteiger partial charge in [-0.1, -0.05) is 6.92 Å². The van der Waals surface area contributed by atoms with Crippen LogP contribution in [0.5, 0.6) is 6.01 Å². The van der Waals surface area contributed by atoms with Gasteiger partial charge in [-0.3, -0.25) is 4.68 Å². The van der Waals surface area contributed by atoms with Crippen LogP contribution in [-0.2, 0) is 6.54 Å². The van der Waals surface area contributed by atoms with E-state index in [2.05, 4.69) is 22.0 Å². The first-order valence-electron chi connectivity index (χ1n) is 5.81. The lowest BCUT2D eigenvalue weighted by Crippen LogP contribution is -2.02. The summed E-state index contributed by atoms with van der Waals surface area (Å²) in [7, 11) is 1.50. The molecule has 2 aromatic heterocycles. The maximum Gasteiger partial charge on any atom is 0.316 e. The number of hydrogen-bond donors (Lipinski definition) is 1. The second-order valence-corrected chi connectivity index (χ2v) is 3.94. The van der Waals surface area contributed by atoms with E-state index in [0.717, 1.165) is 18.5 Å². The largest absolute Gasteiger partial charge is 0.467 e. The molecule has 2 rings (SSSR count). The first-order chi connectivity index (χ1) is 8.74. The number of aromatic nitrogens is 4. The van der Waals surface area contributed by atoms with Gasteiger partial charge in [-0.15, -0.1) is 0 Å². The van der Waals surface area contributed by atoms with E-state index in [9.17, 15) is 5.11 Å². The quantitative estimate of drug-likeness (QED) is 0.860. The van der Waals surface area contributed by atoms with Crippen LogP contribution in [0.4, 0.5) is 0 Å². The molecular weight excluding hydrogens is 232 g/mol. The number of aryl methyl sites for hydroxylation is 1. The molecule has 2 heterocycles. The van der Waals surface area contributed by atoms with E-state index in [0.29, 0.717) is 5.56 Å². The second-order valence-electron chi connectivity index (χ2n) is 3.94. The third-order valence-corrected chi connectivity index (χ3v) is 2.57. The number of hydrogen-bond acceptors (Lipinski definition) is 5. The highest BCUT2D eigenvalue weighted by molar-refractivity contribution is 5.23. The van der Waals surface area contributed by atoms with Crippen molar-refractivity contribution in [1.82, 2.24) is 19.7 Å². The normalized spacial score (nSPS) is 12.4. The third-order valence-electron chi connectivity index (χ3n) is 2.57. The van der Waals surface area contributed by atoms with Crippen molar-refractivity contribution in [3.8, 4) is 6.01 Å². The Kier molecular flexibility index (Phi) is 3.88.